The Bertz CT molecular complexity index is 155. The first kappa shape index (κ1) is 10.5. The second-order valence-corrected chi connectivity index (χ2v) is 2.47. The monoisotopic (exact) mass is 176 g/mol. The molecule has 0 radical (unpaired) electrons. The highest BCUT2D eigenvalue weighted by Gasteiger charge is 2.06. The molecule has 0 aromatic heterocycles. The van der Waals surface area contributed by atoms with Crippen LogP contribution in [0, 0.1) is 0 Å². The third-order valence-electron chi connectivity index (χ3n) is 1.27. The quantitative estimate of drug-likeness (QED) is 0.514. The third-order valence-corrected chi connectivity index (χ3v) is 1.44. The molecule has 0 aliphatic heterocycles. The minimum absolute atomic E-state index is 0.0110. The Hall–Kier alpha value is -0.540. The lowest BCUT2D eigenvalue weighted by atomic mass is 10.6. The first-order valence-corrected chi connectivity index (χ1v) is 3.89. The van der Waals surface area contributed by atoms with Crippen LogP contribution >= 0.6 is 11.6 Å². The van der Waals surface area contributed by atoms with Gasteiger partial charge in [-0.05, 0) is 0 Å². The zero-order valence-electron chi connectivity index (χ0n) is 6.85. The van der Waals surface area contributed by atoms with Crippen LogP contribution in [0.1, 0.15) is 13.8 Å². The Balaban J connectivity index is 3.81. The van der Waals surface area contributed by atoms with E-state index in [-0.39, 0.29) is 10.9 Å². The average molecular weight is 177 g/mol. The van der Waals surface area contributed by atoms with E-state index in [2.05, 4.69) is 12.0 Å². The lowest BCUT2D eigenvalue weighted by Gasteiger charge is -2.18. The second kappa shape index (κ2) is 5.16. The topological polar surface area (TPSA) is 32.3 Å². The molecule has 0 heterocycles. The summed E-state index contributed by atoms with van der Waals surface area (Å²) in [5.41, 5.74) is 2.58. The zero-order valence-corrected chi connectivity index (χ0v) is 7.61. The zero-order chi connectivity index (χ0) is 8.85. The van der Waals surface area contributed by atoms with Crippen LogP contribution in [0.25, 0.3) is 0 Å². The summed E-state index contributed by atoms with van der Waals surface area (Å²) < 4.78 is 0. The van der Waals surface area contributed by atoms with Crippen molar-refractivity contribution < 1.29 is 4.79 Å². The highest BCUT2D eigenvalue weighted by molar-refractivity contribution is 6.41. The number of amides is 1. The molecule has 1 amide bonds. The van der Waals surface area contributed by atoms with Gasteiger partial charge in [0, 0.05) is 13.1 Å². The lowest BCUT2D eigenvalue weighted by molar-refractivity contribution is -0.121. The number of nitrogens with one attached hydrogen (secondary N) is 1. The van der Waals surface area contributed by atoms with Crippen molar-refractivity contribution in [1.29, 1.82) is 0 Å². The minimum Gasteiger partial charge on any atom is -0.284 e. The van der Waals surface area contributed by atoms with Gasteiger partial charge in [0.05, 0.1) is 5.03 Å². The fourth-order valence-corrected chi connectivity index (χ4v) is 0.628. The van der Waals surface area contributed by atoms with E-state index in [4.69, 9.17) is 11.6 Å². The van der Waals surface area contributed by atoms with Crippen LogP contribution in [0.4, 0.5) is 0 Å². The molecule has 0 aromatic carbocycles. The number of carbonyl (C=O) groups is 1. The molecule has 0 bridgehead atoms. The van der Waals surface area contributed by atoms with Gasteiger partial charge in [0.2, 0.25) is 0 Å². The molecule has 0 aromatic rings. The van der Waals surface area contributed by atoms with E-state index in [9.17, 15) is 4.79 Å². The standard InChI is InChI=1S/C7H13ClN2O/c1-4-10(5-2)9-7(11)6(3)8/h3-5H2,1-2H3,(H,9,11). The van der Waals surface area contributed by atoms with Gasteiger partial charge < -0.3 is 0 Å². The average Bonchev–Trinajstić information content (AvgIpc) is 1.99. The molecule has 0 atom stereocenters. The van der Waals surface area contributed by atoms with Crippen LogP contribution in [0.2, 0.25) is 0 Å². The fourth-order valence-electron chi connectivity index (χ4n) is 0.586. The van der Waals surface area contributed by atoms with Crippen LogP contribution in [0.15, 0.2) is 11.6 Å². The normalized spacial score (nSPS) is 9.82. The number of hydrogen-bond donors (Lipinski definition) is 1. The number of nitrogens with zero attached hydrogens (tertiary/aromatic N) is 1. The summed E-state index contributed by atoms with van der Waals surface area (Å²) in [7, 11) is 0. The van der Waals surface area contributed by atoms with Crippen molar-refractivity contribution in [3.63, 3.8) is 0 Å². The molecule has 3 nitrogen and oxygen atoms in total. The molecule has 11 heavy (non-hydrogen) atoms. The van der Waals surface area contributed by atoms with Crippen LogP contribution in [0.5, 0.6) is 0 Å². The molecular weight excluding hydrogens is 164 g/mol. The van der Waals surface area contributed by atoms with Crippen LogP contribution < -0.4 is 5.43 Å². The summed E-state index contributed by atoms with van der Waals surface area (Å²) in [5.74, 6) is -0.338. The predicted molar refractivity (Wildman–Crippen MR) is 46.1 cm³/mol. The summed E-state index contributed by atoms with van der Waals surface area (Å²) in [4.78, 5) is 10.9. The number of rotatable bonds is 4. The summed E-state index contributed by atoms with van der Waals surface area (Å²) in [6, 6.07) is 0. The van der Waals surface area contributed by atoms with Gasteiger partial charge in [0.15, 0.2) is 0 Å². The molecule has 0 saturated carbocycles. The van der Waals surface area contributed by atoms with E-state index < -0.39 is 0 Å². The third kappa shape index (κ3) is 4.01. The van der Waals surface area contributed by atoms with Crippen LogP contribution in [-0.4, -0.2) is 24.0 Å². The van der Waals surface area contributed by atoms with E-state index in [0.717, 1.165) is 13.1 Å². The first-order chi connectivity index (χ1) is 5.11. The number of hydrogen-bond acceptors (Lipinski definition) is 2. The Morgan fingerprint density at radius 1 is 1.55 bits per heavy atom. The summed E-state index contributed by atoms with van der Waals surface area (Å²) in [5, 5.41) is 1.76. The van der Waals surface area contributed by atoms with Crippen molar-refractivity contribution in [1.82, 2.24) is 10.4 Å². The largest absolute Gasteiger partial charge is 0.284 e. The highest BCUT2D eigenvalue weighted by atomic mass is 35.5. The Kier molecular flexibility index (Phi) is 4.90. The van der Waals surface area contributed by atoms with Crippen LogP contribution in [0.3, 0.4) is 0 Å². The van der Waals surface area contributed by atoms with Gasteiger partial charge in [-0.15, -0.1) is 0 Å². The maximum Gasteiger partial charge on any atom is 0.276 e. The Morgan fingerprint density at radius 2 is 2.00 bits per heavy atom. The molecule has 1 N–H and O–H groups in total. The maximum absolute atomic E-state index is 10.9. The molecule has 0 aliphatic carbocycles. The SMILES string of the molecule is C=C(Cl)C(=O)NN(CC)CC. The summed E-state index contributed by atoms with van der Waals surface area (Å²) >= 11 is 5.35. The molecule has 0 saturated heterocycles. The van der Waals surface area contributed by atoms with Gasteiger partial charge in [0.1, 0.15) is 0 Å². The number of hydrazine groups is 1. The van der Waals surface area contributed by atoms with E-state index >= 15 is 0 Å². The molecule has 0 unspecified atom stereocenters. The summed E-state index contributed by atoms with van der Waals surface area (Å²) in [6.45, 7) is 8.71. The minimum atomic E-state index is -0.338. The molecule has 64 valence electrons. The molecule has 4 heteroatoms. The van der Waals surface area contributed by atoms with Gasteiger partial charge in [-0.25, -0.2) is 5.01 Å². The molecule has 0 rings (SSSR count). The second-order valence-electron chi connectivity index (χ2n) is 2.02. The van der Waals surface area contributed by atoms with Gasteiger partial charge in [-0.3, -0.25) is 10.2 Å². The van der Waals surface area contributed by atoms with Gasteiger partial charge in [-0.1, -0.05) is 32.0 Å². The van der Waals surface area contributed by atoms with Crippen LogP contribution in [-0.2, 0) is 4.79 Å². The Morgan fingerprint density at radius 3 is 2.27 bits per heavy atom. The Labute approximate surface area is 72.0 Å². The lowest BCUT2D eigenvalue weighted by Crippen LogP contribution is -2.41. The predicted octanol–water partition coefficient (Wildman–Crippen LogP) is 1.11. The van der Waals surface area contributed by atoms with Crippen molar-refractivity contribution in [2.75, 3.05) is 13.1 Å². The molecule has 0 spiro atoms. The first-order valence-electron chi connectivity index (χ1n) is 3.52. The van der Waals surface area contributed by atoms with E-state index in [1.165, 1.54) is 0 Å². The van der Waals surface area contributed by atoms with Gasteiger partial charge in [-0.2, -0.15) is 0 Å². The van der Waals surface area contributed by atoms with E-state index in [1.54, 1.807) is 5.01 Å². The summed E-state index contributed by atoms with van der Waals surface area (Å²) in [6.07, 6.45) is 0. The van der Waals surface area contributed by atoms with Crippen molar-refractivity contribution in [3.8, 4) is 0 Å². The molecule has 0 fully saturated rings. The van der Waals surface area contributed by atoms with Gasteiger partial charge >= 0.3 is 0 Å². The van der Waals surface area contributed by atoms with Crippen molar-refractivity contribution >= 4 is 17.5 Å². The van der Waals surface area contributed by atoms with Crippen molar-refractivity contribution in [2.24, 2.45) is 0 Å². The smallest absolute Gasteiger partial charge is 0.276 e. The van der Waals surface area contributed by atoms with Crippen molar-refractivity contribution in [2.45, 2.75) is 13.8 Å². The fraction of sp³-hybridized carbons (Fsp3) is 0.571. The van der Waals surface area contributed by atoms with E-state index in [0.29, 0.717) is 0 Å². The van der Waals surface area contributed by atoms with Gasteiger partial charge in [0.25, 0.3) is 5.91 Å². The highest BCUT2D eigenvalue weighted by Crippen LogP contribution is 1.95. The number of carbonyl (C=O) groups excluding carboxylic acids is 1. The molecular formula is C7H13ClN2O. The maximum atomic E-state index is 10.9. The molecule has 0 aliphatic rings. The van der Waals surface area contributed by atoms with E-state index in [1.807, 2.05) is 13.8 Å². The number of halogens is 1. The van der Waals surface area contributed by atoms with Crippen molar-refractivity contribution in [3.05, 3.63) is 11.6 Å².